The topological polar surface area (TPSA) is 46.3 Å². The van der Waals surface area contributed by atoms with Gasteiger partial charge in [0.1, 0.15) is 17.2 Å². The minimum atomic E-state index is -0.226. The fraction of sp³-hybridized carbons (Fsp3) is 0.448. The van der Waals surface area contributed by atoms with E-state index in [2.05, 4.69) is 16.0 Å². The summed E-state index contributed by atoms with van der Waals surface area (Å²) in [5, 5.41) is 0.929. The summed E-state index contributed by atoms with van der Waals surface area (Å²) < 4.78 is 20.4. The number of hydrogen-bond acceptors (Lipinski definition) is 4. The first-order valence-electron chi connectivity index (χ1n) is 12.7. The molecule has 1 aromatic carbocycles. The number of nitrogens with zero attached hydrogens (tertiary/aromatic N) is 2. The van der Waals surface area contributed by atoms with Crippen LogP contribution in [-0.4, -0.2) is 35.3 Å². The van der Waals surface area contributed by atoms with Gasteiger partial charge in [0.05, 0.1) is 23.4 Å². The highest BCUT2D eigenvalue weighted by Crippen LogP contribution is 2.34. The Bertz CT molecular complexity index is 1150. The highest BCUT2D eigenvalue weighted by Gasteiger charge is 2.30. The second-order valence-corrected chi connectivity index (χ2v) is 9.70. The first kappa shape index (κ1) is 23.0. The van der Waals surface area contributed by atoms with Gasteiger partial charge in [-0.05, 0) is 74.6 Å². The maximum absolute atomic E-state index is 14.8. The first-order valence-corrected chi connectivity index (χ1v) is 12.7. The van der Waals surface area contributed by atoms with E-state index in [4.69, 9.17) is 4.42 Å². The van der Waals surface area contributed by atoms with Crippen LogP contribution in [0.1, 0.15) is 68.5 Å². The molecule has 178 valence electrons. The van der Waals surface area contributed by atoms with Gasteiger partial charge in [-0.1, -0.05) is 31.4 Å². The Morgan fingerprint density at radius 2 is 2.00 bits per heavy atom. The second kappa shape index (κ2) is 10.6. The van der Waals surface area contributed by atoms with Crippen LogP contribution >= 0.6 is 0 Å². The molecule has 0 radical (unpaired) electrons. The third-order valence-electron chi connectivity index (χ3n) is 7.56. The standard InChI is InChI=1S/C29H33FN2O2/c30-25-12-11-23-15-20-34-29(23)27(25)21-9-6-17-32(18-13-21)19-14-24(26-10-4-5-16-31-26)28(33)22-7-2-1-3-8-22/h4-5,9-12,15-16,20,22,24H,1-3,6-8,13-14,17-19H2. The molecule has 5 heteroatoms. The van der Waals surface area contributed by atoms with Crippen molar-refractivity contribution in [2.75, 3.05) is 19.6 Å². The van der Waals surface area contributed by atoms with Crippen molar-refractivity contribution in [2.45, 2.75) is 57.3 Å². The summed E-state index contributed by atoms with van der Waals surface area (Å²) in [7, 11) is 0. The number of carbonyl (C=O) groups is 1. The average molecular weight is 461 g/mol. The lowest BCUT2D eigenvalue weighted by Gasteiger charge is -2.27. The lowest BCUT2D eigenvalue weighted by atomic mass is 9.79. The van der Waals surface area contributed by atoms with Crippen molar-refractivity contribution in [1.29, 1.82) is 0 Å². The minimum absolute atomic E-state index is 0.144. The normalized spacial score (nSPS) is 19.0. The maximum atomic E-state index is 14.8. The van der Waals surface area contributed by atoms with Crippen LogP contribution in [-0.2, 0) is 4.79 Å². The Morgan fingerprint density at radius 3 is 2.82 bits per heavy atom. The quantitative estimate of drug-likeness (QED) is 0.390. The summed E-state index contributed by atoms with van der Waals surface area (Å²) in [5.74, 6) is 0.179. The molecule has 1 unspecified atom stereocenters. The van der Waals surface area contributed by atoms with E-state index in [-0.39, 0.29) is 17.7 Å². The second-order valence-electron chi connectivity index (χ2n) is 9.70. The molecule has 2 aromatic heterocycles. The molecule has 0 spiro atoms. The van der Waals surface area contributed by atoms with Crippen LogP contribution in [0.5, 0.6) is 0 Å². The molecule has 5 rings (SSSR count). The smallest absolute Gasteiger partial charge is 0.145 e. The van der Waals surface area contributed by atoms with Gasteiger partial charge < -0.3 is 9.32 Å². The summed E-state index contributed by atoms with van der Waals surface area (Å²) in [6.45, 7) is 2.59. The molecule has 0 bridgehead atoms. The lowest BCUT2D eigenvalue weighted by Crippen LogP contribution is -2.31. The van der Waals surface area contributed by atoms with E-state index in [9.17, 15) is 9.18 Å². The third-order valence-corrected chi connectivity index (χ3v) is 7.56. The lowest BCUT2D eigenvalue weighted by molar-refractivity contribution is -0.125. The summed E-state index contributed by atoms with van der Waals surface area (Å²) in [6, 6.07) is 11.1. The molecule has 0 saturated heterocycles. The number of pyridine rings is 1. The number of aromatic nitrogens is 1. The van der Waals surface area contributed by atoms with Crippen LogP contribution in [0, 0.1) is 11.7 Å². The van der Waals surface area contributed by atoms with E-state index in [1.54, 1.807) is 18.5 Å². The number of hydrogen-bond donors (Lipinski definition) is 0. The number of rotatable bonds is 7. The Morgan fingerprint density at radius 1 is 1.12 bits per heavy atom. The molecule has 4 nitrogen and oxygen atoms in total. The van der Waals surface area contributed by atoms with Crippen molar-refractivity contribution in [1.82, 2.24) is 9.88 Å². The van der Waals surface area contributed by atoms with Crippen LogP contribution in [0.4, 0.5) is 4.39 Å². The number of carbonyl (C=O) groups excluding carboxylic acids is 1. The number of fused-ring (bicyclic) bond motifs is 1. The van der Waals surface area contributed by atoms with Gasteiger partial charge in [0.25, 0.3) is 0 Å². The number of halogens is 1. The zero-order valence-electron chi connectivity index (χ0n) is 19.7. The summed E-state index contributed by atoms with van der Waals surface area (Å²) in [4.78, 5) is 20.5. The Kier molecular flexibility index (Phi) is 7.19. The molecule has 34 heavy (non-hydrogen) atoms. The summed E-state index contributed by atoms with van der Waals surface area (Å²) in [5.41, 5.74) is 3.15. The molecule has 1 saturated carbocycles. The fourth-order valence-corrected chi connectivity index (χ4v) is 5.67. The molecule has 2 aliphatic rings. The van der Waals surface area contributed by atoms with Crippen molar-refractivity contribution in [3.05, 3.63) is 72.0 Å². The van der Waals surface area contributed by atoms with Crippen molar-refractivity contribution in [3.63, 3.8) is 0 Å². The molecule has 1 fully saturated rings. The van der Waals surface area contributed by atoms with E-state index in [1.807, 2.05) is 24.3 Å². The zero-order chi connectivity index (χ0) is 23.3. The molecule has 1 atom stereocenters. The number of ketones is 1. The van der Waals surface area contributed by atoms with Crippen molar-refractivity contribution in [3.8, 4) is 0 Å². The van der Waals surface area contributed by atoms with E-state index >= 15 is 0 Å². The third kappa shape index (κ3) is 5.00. The maximum Gasteiger partial charge on any atom is 0.145 e. The molecule has 1 aliphatic carbocycles. The molecular weight excluding hydrogens is 427 g/mol. The molecule has 0 amide bonds. The summed E-state index contributed by atoms with van der Waals surface area (Å²) in [6.07, 6.45) is 13.6. The van der Waals surface area contributed by atoms with E-state index in [1.165, 1.54) is 12.5 Å². The molecule has 3 aromatic rings. The van der Waals surface area contributed by atoms with Crippen LogP contribution < -0.4 is 0 Å². The number of benzene rings is 1. The zero-order valence-corrected chi connectivity index (χ0v) is 19.7. The van der Waals surface area contributed by atoms with Gasteiger partial charge in [-0.3, -0.25) is 9.78 Å². The summed E-state index contributed by atoms with van der Waals surface area (Å²) >= 11 is 0. The Hall–Kier alpha value is -2.79. The van der Waals surface area contributed by atoms with Gasteiger partial charge in [0, 0.05) is 30.6 Å². The monoisotopic (exact) mass is 460 g/mol. The highest BCUT2D eigenvalue weighted by molar-refractivity contribution is 5.90. The molecule has 1 aliphatic heterocycles. The van der Waals surface area contributed by atoms with Gasteiger partial charge in [-0.2, -0.15) is 0 Å². The van der Waals surface area contributed by atoms with Crippen LogP contribution in [0.2, 0.25) is 0 Å². The van der Waals surface area contributed by atoms with Gasteiger partial charge in [0.15, 0.2) is 0 Å². The van der Waals surface area contributed by atoms with Gasteiger partial charge in [-0.25, -0.2) is 4.39 Å². The predicted molar refractivity (Wildman–Crippen MR) is 133 cm³/mol. The number of furan rings is 1. The van der Waals surface area contributed by atoms with Gasteiger partial charge in [-0.15, -0.1) is 0 Å². The first-order chi connectivity index (χ1) is 16.7. The molecule has 3 heterocycles. The molecular formula is C29H33FN2O2. The van der Waals surface area contributed by atoms with Crippen molar-refractivity contribution < 1.29 is 13.6 Å². The van der Waals surface area contributed by atoms with E-state index in [0.717, 1.165) is 81.2 Å². The highest BCUT2D eigenvalue weighted by atomic mass is 19.1. The largest absolute Gasteiger partial charge is 0.464 e. The predicted octanol–water partition coefficient (Wildman–Crippen LogP) is 6.77. The SMILES string of the molecule is O=C(C1CCCCC1)C(CCN1CCC=C(c2c(F)ccc3ccoc23)CC1)c1ccccn1. The van der Waals surface area contributed by atoms with Crippen molar-refractivity contribution in [2.24, 2.45) is 5.92 Å². The van der Waals surface area contributed by atoms with Crippen LogP contribution in [0.3, 0.4) is 0 Å². The minimum Gasteiger partial charge on any atom is -0.464 e. The van der Waals surface area contributed by atoms with Gasteiger partial charge >= 0.3 is 0 Å². The van der Waals surface area contributed by atoms with Gasteiger partial charge in [0.2, 0.25) is 0 Å². The van der Waals surface area contributed by atoms with Crippen LogP contribution in [0.15, 0.2) is 59.4 Å². The van der Waals surface area contributed by atoms with Crippen molar-refractivity contribution >= 4 is 22.3 Å². The Labute approximate surface area is 200 Å². The van der Waals surface area contributed by atoms with E-state index in [0.29, 0.717) is 16.9 Å². The average Bonchev–Trinajstić information content (AvgIpc) is 3.24. The number of Topliss-reactive ketones (excluding diaryl/α,β-unsaturated/α-hetero) is 1. The Balaban J connectivity index is 1.26. The van der Waals surface area contributed by atoms with E-state index < -0.39 is 0 Å². The molecule has 0 N–H and O–H groups in total. The van der Waals surface area contributed by atoms with Crippen LogP contribution in [0.25, 0.3) is 16.5 Å². The fourth-order valence-electron chi connectivity index (χ4n) is 5.67.